The highest BCUT2D eigenvalue weighted by Gasteiger charge is 2.26. The summed E-state index contributed by atoms with van der Waals surface area (Å²) in [4.78, 5) is 19.0. The van der Waals surface area contributed by atoms with Gasteiger partial charge in [-0.15, -0.1) is 12.4 Å². The van der Waals surface area contributed by atoms with Crippen LogP contribution in [0.25, 0.3) is 0 Å². The lowest BCUT2D eigenvalue weighted by atomic mass is 9.96. The summed E-state index contributed by atoms with van der Waals surface area (Å²) in [6.07, 6.45) is 8.55. The Kier molecular flexibility index (Phi) is 8.50. The van der Waals surface area contributed by atoms with Gasteiger partial charge < -0.3 is 16.0 Å². The number of nitrogens with zero attached hydrogens (tertiary/aromatic N) is 2. The number of rotatable bonds is 6. The normalized spacial score (nSPS) is 17.4. The predicted molar refractivity (Wildman–Crippen MR) is 102 cm³/mol. The quantitative estimate of drug-likeness (QED) is 0.823. The Morgan fingerprint density at radius 1 is 1.29 bits per heavy atom. The zero-order chi connectivity index (χ0) is 16.7. The molecule has 6 heteroatoms. The van der Waals surface area contributed by atoms with Crippen molar-refractivity contribution in [3.63, 3.8) is 0 Å². The van der Waals surface area contributed by atoms with E-state index in [1.54, 1.807) is 6.92 Å². The van der Waals surface area contributed by atoms with Gasteiger partial charge in [-0.3, -0.25) is 4.79 Å². The average molecular weight is 355 g/mol. The van der Waals surface area contributed by atoms with Crippen molar-refractivity contribution in [2.75, 3.05) is 18.0 Å². The number of hydrogen-bond acceptors (Lipinski definition) is 4. The van der Waals surface area contributed by atoms with E-state index < -0.39 is 5.54 Å². The number of aromatic nitrogens is 1. The average Bonchev–Trinajstić information content (AvgIpc) is 2.82. The number of nitrogens with two attached hydrogens (primary N) is 1. The van der Waals surface area contributed by atoms with E-state index in [2.05, 4.69) is 21.3 Å². The summed E-state index contributed by atoms with van der Waals surface area (Å²) in [6.45, 7) is 6.47. The number of nitrogens with one attached hydrogen (secondary N) is 1. The fraction of sp³-hybridized carbons (Fsp3) is 0.667. The molecule has 5 nitrogen and oxygen atoms in total. The molecule has 2 rings (SSSR count). The minimum atomic E-state index is -0.797. The van der Waals surface area contributed by atoms with Crippen molar-refractivity contribution in [1.29, 1.82) is 0 Å². The molecule has 0 radical (unpaired) electrons. The van der Waals surface area contributed by atoms with Gasteiger partial charge in [0.25, 0.3) is 0 Å². The van der Waals surface area contributed by atoms with E-state index in [4.69, 9.17) is 5.73 Å². The number of carbonyl (C=O) groups is 1. The standard InChI is InChI=1S/C18H30N4O.ClH/c1-3-10-18(2,19)17(23)21-14-15-8-9-16(20-13-15)22-11-6-4-5-7-12-22;/h8-9,13H,3-7,10-12,14,19H2,1-2H3,(H,21,23);1H. The first-order valence-electron chi connectivity index (χ1n) is 8.80. The molecule has 1 aromatic rings. The Balaban J connectivity index is 0.00000288. The first-order chi connectivity index (χ1) is 11.0. The molecule has 1 aliphatic heterocycles. The van der Waals surface area contributed by atoms with Crippen molar-refractivity contribution in [2.45, 2.75) is 64.5 Å². The Morgan fingerprint density at radius 2 is 1.96 bits per heavy atom. The molecule has 24 heavy (non-hydrogen) atoms. The molecule has 0 spiro atoms. The Morgan fingerprint density at radius 3 is 2.50 bits per heavy atom. The zero-order valence-corrected chi connectivity index (χ0v) is 15.7. The van der Waals surface area contributed by atoms with Gasteiger partial charge in [0.05, 0.1) is 5.54 Å². The minimum absolute atomic E-state index is 0. The van der Waals surface area contributed by atoms with E-state index in [1.165, 1.54) is 25.7 Å². The van der Waals surface area contributed by atoms with Gasteiger partial charge in [0.15, 0.2) is 0 Å². The van der Waals surface area contributed by atoms with Crippen LogP contribution in [-0.4, -0.2) is 29.5 Å². The fourth-order valence-corrected chi connectivity index (χ4v) is 3.03. The van der Waals surface area contributed by atoms with Crippen LogP contribution in [0.2, 0.25) is 0 Å². The molecule has 1 saturated heterocycles. The van der Waals surface area contributed by atoms with Crippen LogP contribution in [0.5, 0.6) is 0 Å². The Hall–Kier alpha value is -1.33. The molecule has 1 aromatic heterocycles. The van der Waals surface area contributed by atoms with Crippen LogP contribution in [0.1, 0.15) is 57.9 Å². The van der Waals surface area contributed by atoms with Crippen LogP contribution < -0.4 is 16.0 Å². The third-order valence-electron chi connectivity index (χ3n) is 4.48. The van der Waals surface area contributed by atoms with Crippen molar-refractivity contribution in [1.82, 2.24) is 10.3 Å². The van der Waals surface area contributed by atoms with Gasteiger partial charge in [0.2, 0.25) is 5.91 Å². The molecule has 0 bridgehead atoms. The summed E-state index contributed by atoms with van der Waals surface area (Å²) in [6, 6.07) is 4.10. The maximum Gasteiger partial charge on any atom is 0.240 e. The molecule has 1 fully saturated rings. The second-order valence-electron chi connectivity index (χ2n) is 6.78. The molecule has 2 heterocycles. The first-order valence-corrected chi connectivity index (χ1v) is 8.80. The van der Waals surface area contributed by atoms with E-state index in [1.807, 2.05) is 19.2 Å². The summed E-state index contributed by atoms with van der Waals surface area (Å²) in [5, 5.41) is 2.92. The number of pyridine rings is 1. The van der Waals surface area contributed by atoms with E-state index in [-0.39, 0.29) is 18.3 Å². The monoisotopic (exact) mass is 354 g/mol. The third-order valence-corrected chi connectivity index (χ3v) is 4.48. The van der Waals surface area contributed by atoms with E-state index in [0.717, 1.165) is 30.9 Å². The van der Waals surface area contributed by atoms with Crippen molar-refractivity contribution < 1.29 is 4.79 Å². The van der Waals surface area contributed by atoms with Gasteiger partial charge in [-0.1, -0.05) is 32.3 Å². The molecule has 1 unspecified atom stereocenters. The molecular weight excluding hydrogens is 324 g/mol. The first kappa shape index (κ1) is 20.7. The second-order valence-corrected chi connectivity index (χ2v) is 6.78. The largest absolute Gasteiger partial charge is 0.357 e. The highest BCUT2D eigenvalue weighted by atomic mass is 35.5. The molecule has 0 aliphatic carbocycles. The minimum Gasteiger partial charge on any atom is -0.357 e. The van der Waals surface area contributed by atoms with Gasteiger partial charge in [-0.2, -0.15) is 0 Å². The summed E-state index contributed by atoms with van der Waals surface area (Å²) in [5.74, 6) is 0.938. The van der Waals surface area contributed by atoms with Crippen LogP contribution in [0.4, 0.5) is 5.82 Å². The number of hydrogen-bond donors (Lipinski definition) is 2. The number of carbonyl (C=O) groups excluding carboxylic acids is 1. The molecule has 136 valence electrons. The highest BCUT2D eigenvalue weighted by molar-refractivity contribution is 5.85. The molecular formula is C18H31ClN4O. The highest BCUT2D eigenvalue weighted by Crippen LogP contribution is 2.17. The smallest absolute Gasteiger partial charge is 0.240 e. The Bertz CT molecular complexity index is 496. The second kappa shape index (κ2) is 9.84. The van der Waals surface area contributed by atoms with Crippen LogP contribution in [0.15, 0.2) is 18.3 Å². The van der Waals surface area contributed by atoms with E-state index in [0.29, 0.717) is 13.0 Å². The lowest BCUT2D eigenvalue weighted by Crippen LogP contribution is -2.51. The van der Waals surface area contributed by atoms with Gasteiger partial charge in [-0.05, 0) is 37.8 Å². The van der Waals surface area contributed by atoms with Gasteiger partial charge in [0.1, 0.15) is 5.82 Å². The van der Waals surface area contributed by atoms with Crippen LogP contribution in [0.3, 0.4) is 0 Å². The summed E-state index contributed by atoms with van der Waals surface area (Å²) in [5.41, 5.74) is 6.24. The third kappa shape index (κ3) is 5.95. The van der Waals surface area contributed by atoms with E-state index in [9.17, 15) is 4.79 Å². The van der Waals surface area contributed by atoms with Gasteiger partial charge in [-0.25, -0.2) is 4.98 Å². The fourth-order valence-electron chi connectivity index (χ4n) is 3.03. The summed E-state index contributed by atoms with van der Waals surface area (Å²) >= 11 is 0. The summed E-state index contributed by atoms with van der Waals surface area (Å²) in [7, 11) is 0. The van der Waals surface area contributed by atoms with Crippen LogP contribution >= 0.6 is 12.4 Å². The molecule has 1 aliphatic rings. The zero-order valence-electron chi connectivity index (χ0n) is 14.9. The number of amides is 1. The van der Waals surface area contributed by atoms with Crippen molar-refractivity contribution in [2.24, 2.45) is 5.73 Å². The SMILES string of the molecule is CCCC(C)(N)C(=O)NCc1ccc(N2CCCCCC2)nc1.Cl. The molecule has 1 atom stereocenters. The predicted octanol–water partition coefficient (Wildman–Crippen LogP) is 3.02. The van der Waals surface area contributed by atoms with Crippen molar-refractivity contribution in [3.8, 4) is 0 Å². The van der Waals surface area contributed by atoms with E-state index >= 15 is 0 Å². The lowest BCUT2D eigenvalue weighted by molar-refractivity contribution is -0.126. The number of anilines is 1. The van der Waals surface area contributed by atoms with Crippen molar-refractivity contribution >= 4 is 24.1 Å². The van der Waals surface area contributed by atoms with Gasteiger partial charge in [0, 0.05) is 25.8 Å². The lowest BCUT2D eigenvalue weighted by Gasteiger charge is -2.23. The molecule has 3 N–H and O–H groups in total. The number of halogens is 1. The molecule has 0 aromatic carbocycles. The molecule has 1 amide bonds. The maximum atomic E-state index is 12.1. The van der Waals surface area contributed by atoms with Gasteiger partial charge >= 0.3 is 0 Å². The van der Waals surface area contributed by atoms with Crippen LogP contribution in [-0.2, 0) is 11.3 Å². The molecule has 0 saturated carbocycles. The topological polar surface area (TPSA) is 71.2 Å². The van der Waals surface area contributed by atoms with Crippen LogP contribution in [0, 0.1) is 0 Å². The Labute approximate surface area is 151 Å². The van der Waals surface area contributed by atoms with Crippen molar-refractivity contribution in [3.05, 3.63) is 23.9 Å². The summed E-state index contributed by atoms with van der Waals surface area (Å²) < 4.78 is 0. The maximum absolute atomic E-state index is 12.1.